The number of carbonyl (C=O) groups is 1. The van der Waals surface area contributed by atoms with Gasteiger partial charge in [0, 0.05) is 26.0 Å². The maximum absolute atomic E-state index is 11.1. The molecule has 0 bridgehead atoms. The van der Waals surface area contributed by atoms with Crippen LogP contribution in [0.2, 0.25) is 0 Å². The van der Waals surface area contributed by atoms with Crippen molar-refractivity contribution >= 4 is 6.09 Å². The van der Waals surface area contributed by atoms with Gasteiger partial charge in [0.05, 0.1) is 6.61 Å². The Hall–Kier alpha value is -0.770. The zero-order valence-electron chi connectivity index (χ0n) is 7.67. The predicted molar refractivity (Wildman–Crippen MR) is 46.5 cm³/mol. The Morgan fingerprint density at radius 1 is 1.23 bits per heavy atom. The first-order chi connectivity index (χ1) is 6.31. The molecule has 2 aliphatic rings. The third-order valence-electron chi connectivity index (χ3n) is 2.78. The van der Waals surface area contributed by atoms with Gasteiger partial charge < -0.3 is 14.8 Å². The summed E-state index contributed by atoms with van der Waals surface area (Å²) in [6, 6.07) is 0. The van der Waals surface area contributed by atoms with Crippen molar-refractivity contribution in [2.45, 2.75) is 31.3 Å². The van der Waals surface area contributed by atoms with Crippen LogP contribution in [0.1, 0.15) is 25.7 Å². The molecule has 4 heteroatoms. The standard InChI is InChI=1S/C9H15NO3/c11-8-10-5-3-9(13-8)2-1-6-12-7-4-9/h1-7H2,(H,10,11). The van der Waals surface area contributed by atoms with E-state index in [0.717, 1.165) is 38.8 Å². The molecule has 0 aromatic heterocycles. The Balaban J connectivity index is 2.02. The van der Waals surface area contributed by atoms with Crippen molar-refractivity contribution in [3.05, 3.63) is 0 Å². The molecule has 13 heavy (non-hydrogen) atoms. The van der Waals surface area contributed by atoms with Crippen molar-refractivity contribution in [2.75, 3.05) is 19.8 Å². The van der Waals surface area contributed by atoms with Gasteiger partial charge in [0.1, 0.15) is 5.60 Å². The lowest BCUT2D eigenvalue weighted by atomic mass is 9.90. The van der Waals surface area contributed by atoms with Gasteiger partial charge >= 0.3 is 6.09 Å². The van der Waals surface area contributed by atoms with Crippen molar-refractivity contribution in [2.24, 2.45) is 0 Å². The fraction of sp³-hybridized carbons (Fsp3) is 0.889. The summed E-state index contributed by atoms with van der Waals surface area (Å²) < 4.78 is 10.7. The number of hydrogen-bond acceptors (Lipinski definition) is 3. The fourth-order valence-electron chi connectivity index (χ4n) is 2.01. The highest BCUT2D eigenvalue weighted by molar-refractivity contribution is 5.68. The van der Waals surface area contributed by atoms with Crippen LogP contribution < -0.4 is 5.32 Å². The zero-order valence-corrected chi connectivity index (χ0v) is 7.67. The third-order valence-corrected chi connectivity index (χ3v) is 2.78. The minimum absolute atomic E-state index is 0.223. The Kier molecular flexibility index (Phi) is 2.40. The number of carbonyl (C=O) groups excluding carboxylic acids is 1. The normalized spacial score (nSPS) is 34.9. The van der Waals surface area contributed by atoms with Crippen molar-refractivity contribution in [1.82, 2.24) is 5.32 Å². The quantitative estimate of drug-likeness (QED) is 0.613. The molecule has 2 heterocycles. The molecule has 4 nitrogen and oxygen atoms in total. The SMILES string of the molecule is O=C1NCCC2(CCCOCC2)O1. The number of hydrogen-bond donors (Lipinski definition) is 1. The second-order valence-corrected chi connectivity index (χ2v) is 3.72. The summed E-state index contributed by atoms with van der Waals surface area (Å²) in [7, 11) is 0. The summed E-state index contributed by atoms with van der Waals surface area (Å²) in [4.78, 5) is 11.1. The average Bonchev–Trinajstić information content (AvgIpc) is 2.31. The van der Waals surface area contributed by atoms with Gasteiger partial charge in [-0.1, -0.05) is 0 Å². The Morgan fingerprint density at radius 3 is 3.00 bits per heavy atom. The van der Waals surface area contributed by atoms with E-state index in [1.165, 1.54) is 0 Å². The molecule has 0 aromatic carbocycles. The first-order valence-corrected chi connectivity index (χ1v) is 4.85. The van der Waals surface area contributed by atoms with Crippen molar-refractivity contribution in [3.8, 4) is 0 Å². The summed E-state index contributed by atoms with van der Waals surface area (Å²) in [5, 5.41) is 2.67. The molecule has 0 aliphatic carbocycles. The van der Waals surface area contributed by atoms with Gasteiger partial charge in [0.25, 0.3) is 0 Å². The van der Waals surface area contributed by atoms with Gasteiger partial charge in [-0.3, -0.25) is 0 Å². The maximum Gasteiger partial charge on any atom is 0.407 e. The van der Waals surface area contributed by atoms with Crippen LogP contribution in [0.4, 0.5) is 4.79 Å². The average molecular weight is 185 g/mol. The topological polar surface area (TPSA) is 47.6 Å². The summed E-state index contributed by atoms with van der Waals surface area (Å²) in [5.74, 6) is 0. The molecule has 1 unspecified atom stereocenters. The van der Waals surface area contributed by atoms with Crippen LogP contribution >= 0.6 is 0 Å². The second-order valence-electron chi connectivity index (χ2n) is 3.72. The molecular formula is C9H15NO3. The predicted octanol–water partition coefficient (Wildman–Crippen LogP) is 1.06. The fourth-order valence-corrected chi connectivity index (χ4v) is 2.01. The van der Waals surface area contributed by atoms with Crippen molar-refractivity contribution in [1.29, 1.82) is 0 Å². The molecule has 0 saturated carbocycles. The summed E-state index contributed by atoms with van der Waals surface area (Å²) in [6.07, 6.45) is 3.43. The van der Waals surface area contributed by atoms with E-state index in [-0.39, 0.29) is 11.7 Å². The molecule has 1 atom stereocenters. The molecule has 1 amide bonds. The highest BCUT2D eigenvalue weighted by atomic mass is 16.6. The van der Waals surface area contributed by atoms with E-state index in [4.69, 9.17) is 9.47 Å². The Bertz CT molecular complexity index is 197. The highest BCUT2D eigenvalue weighted by Crippen LogP contribution is 2.30. The summed E-state index contributed by atoms with van der Waals surface area (Å²) in [5.41, 5.74) is -0.223. The number of amides is 1. The van der Waals surface area contributed by atoms with Crippen molar-refractivity contribution in [3.63, 3.8) is 0 Å². The van der Waals surface area contributed by atoms with Crippen LogP contribution in [0.5, 0.6) is 0 Å². The molecular weight excluding hydrogens is 170 g/mol. The zero-order chi connectivity index (χ0) is 9.15. The highest BCUT2D eigenvalue weighted by Gasteiger charge is 2.37. The van der Waals surface area contributed by atoms with E-state index in [2.05, 4.69) is 5.32 Å². The van der Waals surface area contributed by atoms with Gasteiger partial charge in [0.15, 0.2) is 0 Å². The number of rotatable bonds is 0. The summed E-state index contributed by atoms with van der Waals surface area (Å²) >= 11 is 0. The Labute approximate surface area is 77.6 Å². The summed E-state index contributed by atoms with van der Waals surface area (Å²) in [6.45, 7) is 2.25. The van der Waals surface area contributed by atoms with Crippen molar-refractivity contribution < 1.29 is 14.3 Å². The number of ether oxygens (including phenoxy) is 2. The lowest BCUT2D eigenvalue weighted by molar-refractivity contribution is -0.0264. The van der Waals surface area contributed by atoms with E-state index >= 15 is 0 Å². The van der Waals surface area contributed by atoms with Gasteiger partial charge in [-0.15, -0.1) is 0 Å². The van der Waals surface area contributed by atoms with Gasteiger partial charge in [-0.2, -0.15) is 0 Å². The van der Waals surface area contributed by atoms with E-state index in [0.29, 0.717) is 6.61 Å². The van der Waals surface area contributed by atoms with E-state index in [1.807, 2.05) is 0 Å². The minimum Gasteiger partial charge on any atom is -0.443 e. The largest absolute Gasteiger partial charge is 0.443 e. The van der Waals surface area contributed by atoms with Crippen LogP contribution in [0.3, 0.4) is 0 Å². The van der Waals surface area contributed by atoms with Gasteiger partial charge in [-0.05, 0) is 12.8 Å². The van der Waals surface area contributed by atoms with Crippen LogP contribution in [0.15, 0.2) is 0 Å². The van der Waals surface area contributed by atoms with Crippen LogP contribution in [0.25, 0.3) is 0 Å². The molecule has 2 saturated heterocycles. The molecule has 2 fully saturated rings. The first kappa shape index (κ1) is 8.81. The van der Waals surface area contributed by atoms with E-state index in [1.54, 1.807) is 0 Å². The monoisotopic (exact) mass is 185 g/mol. The lowest BCUT2D eigenvalue weighted by Gasteiger charge is -2.35. The van der Waals surface area contributed by atoms with Gasteiger partial charge in [-0.25, -0.2) is 4.79 Å². The molecule has 1 spiro atoms. The molecule has 2 aliphatic heterocycles. The molecule has 1 N–H and O–H groups in total. The maximum atomic E-state index is 11.1. The third kappa shape index (κ3) is 1.94. The van der Waals surface area contributed by atoms with Crippen LogP contribution in [-0.4, -0.2) is 31.5 Å². The van der Waals surface area contributed by atoms with Crippen LogP contribution in [0, 0.1) is 0 Å². The van der Waals surface area contributed by atoms with E-state index in [9.17, 15) is 4.79 Å². The second kappa shape index (κ2) is 3.54. The molecule has 74 valence electrons. The lowest BCUT2D eigenvalue weighted by Crippen LogP contribution is -2.47. The van der Waals surface area contributed by atoms with E-state index < -0.39 is 0 Å². The van der Waals surface area contributed by atoms with Crippen LogP contribution in [-0.2, 0) is 9.47 Å². The first-order valence-electron chi connectivity index (χ1n) is 4.85. The smallest absolute Gasteiger partial charge is 0.407 e. The molecule has 0 aromatic rings. The minimum atomic E-state index is -0.270. The Morgan fingerprint density at radius 2 is 2.15 bits per heavy atom. The molecule has 2 rings (SSSR count). The molecule has 0 radical (unpaired) electrons. The number of nitrogens with one attached hydrogen (secondary N) is 1. The van der Waals surface area contributed by atoms with Gasteiger partial charge in [0.2, 0.25) is 0 Å². The number of alkyl carbamates (subject to hydrolysis) is 1.